The third kappa shape index (κ3) is 4.58. The van der Waals surface area contributed by atoms with Crippen LogP contribution in [0.5, 0.6) is 23.0 Å². The zero-order valence-electron chi connectivity index (χ0n) is 18.0. The number of aromatic hydroxyl groups is 2. The molecule has 3 rings (SSSR count). The molecule has 0 aliphatic heterocycles. The van der Waals surface area contributed by atoms with Gasteiger partial charge >= 0.3 is 0 Å². The molecule has 0 unspecified atom stereocenters. The predicted octanol–water partition coefficient (Wildman–Crippen LogP) is 5.75. The highest BCUT2D eigenvalue weighted by Gasteiger charge is 2.27. The SMILES string of the molecule is C=CCc1cc(OC)c(O)c(C(c2ccccc2)c2cc(CC=C)cc(OC)c2O)c1. The molecule has 0 atom stereocenters. The Morgan fingerprint density at radius 1 is 0.774 bits per heavy atom. The van der Waals surface area contributed by atoms with E-state index in [2.05, 4.69) is 13.2 Å². The Bertz CT molecular complexity index is 1000. The number of hydrogen-bond acceptors (Lipinski definition) is 4. The molecule has 0 amide bonds. The molecule has 3 aromatic rings. The molecule has 2 N–H and O–H groups in total. The summed E-state index contributed by atoms with van der Waals surface area (Å²) in [4.78, 5) is 0. The molecule has 0 saturated carbocycles. The van der Waals surface area contributed by atoms with Crippen molar-refractivity contribution in [1.82, 2.24) is 0 Å². The third-order valence-electron chi connectivity index (χ3n) is 5.28. The fourth-order valence-electron chi connectivity index (χ4n) is 3.87. The molecule has 0 saturated heterocycles. The van der Waals surface area contributed by atoms with E-state index in [0.29, 0.717) is 35.5 Å². The Balaban J connectivity index is 2.35. The highest BCUT2D eigenvalue weighted by atomic mass is 16.5. The molecule has 0 aromatic heterocycles. The number of benzene rings is 3. The minimum absolute atomic E-state index is 0.0386. The van der Waals surface area contributed by atoms with Gasteiger partial charge in [-0.2, -0.15) is 0 Å². The summed E-state index contributed by atoms with van der Waals surface area (Å²) < 4.78 is 10.9. The summed E-state index contributed by atoms with van der Waals surface area (Å²) in [5.74, 6) is 0.389. The van der Waals surface area contributed by atoms with E-state index >= 15 is 0 Å². The normalized spacial score (nSPS) is 10.7. The van der Waals surface area contributed by atoms with E-state index in [0.717, 1.165) is 16.7 Å². The summed E-state index contributed by atoms with van der Waals surface area (Å²) in [6.07, 6.45) is 4.85. The fourth-order valence-corrected chi connectivity index (χ4v) is 3.87. The van der Waals surface area contributed by atoms with Crippen LogP contribution in [0.25, 0.3) is 0 Å². The molecule has 4 heteroatoms. The van der Waals surface area contributed by atoms with Crippen molar-refractivity contribution in [2.24, 2.45) is 0 Å². The van der Waals surface area contributed by atoms with Crippen LogP contribution in [0.1, 0.15) is 33.7 Å². The van der Waals surface area contributed by atoms with Gasteiger partial charge in [0.25, 0.3) is 0 Å². The molecule has 0 fully saturated rings. The number of methoxy groups -OCH3 is 2. The van der Waals surface area contributed by atoms with Crippen LogP contribution in [0, 0.1) is 0 Å². The lowest BCUT2D eigenvalue weighted by molar-refractivity contribution is 0.366. The Labute approximate surface area is 183 Å². The van der Waals surface area contributed by atoms with Gasteiger partial charge in [-0.3, -0.25) is 0 Å². The number of rotatable bonds is 9. The highest BCUT2D eigenvalue weighted by molar-refractivity contribution is 5.61. The molecule has 3 aromatic carbocycles. The van der Waals surface area contributed by atoms with Gasteiger partial charge in [0.05, 0.1) is 14.2 Å². The van der Waals surface area contributed by atoms with Gasteiger partial charge in [0.15, 0.2) is 23.0 Å². The largest absolute Gasteiger partial charge is 0.504 e. The van der Waals surface area contributed by atoms with E-state index in [1.165, 1.54) is 14.2 Å². The van der Waals surface area contributed by atoms with Crippen LogP contribution >= 0.6 is 0 Å². The maximum Gasteiger partial charge on any atom is 0.161 e. The summed E-state index contributed by atoms with van der Waals surface area (Å²) in [5.41, 5.74) is 4.10. The Morgan fingerprint density at radius 2 is 1.23 bits per heavy atom. The van der Waals surface area contributed by atoms with Crippen LogP contribution in [0.3, 0.4) is 0 Å². The van der Waals surface area contributed by atoms with Crippen LogP contribution in [0.4, 0.5) is 0 Å². The summed E-state index contributed by atoms with van der Waals surface area (Å²) in [7, 11) is 3.05. The van der Waals surface area contributed by atoms with Crippen molar-refractivity contribution < 1.29 is 19.7 Å². The van der Waals surface area contributed by atoms with Crippen molar-refractivity contribution in [2.45, 2.75) is 18.8 Å². The average molecular weight is 417 g/mol. The van der Waals surface area contributed by atoms with Crippen molar-refractivity contribution in [3.8, 4) is 23.0 Å². The first kappa shape index (κ1) is 22.0. The maximum atomic E-state index is 11.1. The van der Waals surface area contributed by atoms with E-state index in [1.807, 2.05) is 42.5 Å². The summed E-state index contributed by atoms with van der Waals surface area (Å²) in [5, 5.41) is 22.2. The molecule has 31 heavy (non-hydrogen) atoms. The van der Waals surface area contributed by atoms with Gasteiger partial charge in [0, 0.05) is 17.0 Å². The van der Waals surface area contributed by atoms with Gasteiger partial charge in [0.1, 0.15) is 0 Å². The summed E-state index contributed by atoms with van der Waals surface area (Å²) in [6.45, 7) is 7.65. The van der Waals surface area contributed by atoms with Crippen LogP contribution in [-0.4, -0.2) is 24.4 Å². The lowest BCUT2D eigenvalue weighted by Crippen LogP contribution is -2.07. The molecule has 160 valence electrons. The van der Waals surface area contributed by atoms with Crippen LogP contribution in [0.2, 0.25) is 0 Å². The molecule has 0 spiro atoms. The van der Waals surface area contributed by atoms with Gasteiger partial charge in [-0.25, -0.2) is 0 Å². The Kier molecular flexibility index (Phi) is 7.03. The minimum atomic E-state index is -0.446. The highest BCUT2D eigenvalue weighted by Crippen LogP contribution is 2.47. The van der Waals surface area contributed by atoms with Gasteiger partial charge in [-0.15, -0.1) is 13.2 Å². The second-order valence-corrected chi connectivity index (χ2v) is 7.30. The van der Waals surface area contributed by atoms with Crippen molar-refractivity contribution in [1.29, 1.82) is 0 Å². The second kappa shape index (κ2) is 9.90. The number of phenols is 2. The summed E-state index contributed by atoms with van der Waals surface area (Å²) in [6, 6.07) is 17.2. The Morgan fingerprint density at radius 3 is 1.61 bits per heavy atom. The monoisotopic (exact) mass is 416 g/mol. The fraction of sp³-hybridized carbons (Fsp3) is 0.185. The van der Waals surface area contributed by atoms with Crippen molar-refractivity contribution in [3.63, 3.8) is 0 Å². The lowest BCUT2D eigenvalue weighted by atomic mass is 9.82. The molecule has 0 heterocycles. The number of ether oxygens (including phenoxy) is 2. The lowest BCUT2D eigenvalue weighted by Gasteiger charge is -2.24. The Hall–Kier alpha value is -3.66. The van der Waals surface area contributed by atoms with Gasteiger partial charge in [-0.05, 0) is 41.7 Å². The first-order valence-electron chi connectivity index (χ1n) is 10.1. The molecule has 0 aliphatic carbocycles. The number of phenolic OH excluding ortho intramolecular Hbond substituents is 2. The van der Waals surface area contributed by atoms with E-state index in [1.54, 1.807) is 24.3 Å². The smallest absolute Gasteiger partial charge is 0.161 e. The van der Waals surface area contributed by atoms with Crippen LogP contribution in [0.15, 0.2) is 79.9 Å². The molecular formula is C27H28O4. The topological polar surface area (TPSA) is 58.9 Å². The summed E-state index contributed by atoms with van der Waals surface area (Å²) >= 11 is 0. The number of hydrogen-bond donors (Lipinski definition) is 2. The van der Waals surface area contributed by atoms with Crippen molar-refractivity contribution in [3.05, 3.63) is 108 Å². The maximum absolute atomic E-state index is 11.1. The van der Waals surface area contributed by atoms with E-state index in [9.17, 15) is 10.2 Å². The predicted molar refractivity (Wildman–Crippen MR) is 125 cm³/mol. The minimum Gasteiger partial charge on any atom is -0.504 e. The molecule has 4 nitrogen and oxygen atoms in total. The van der Waals surface area contributed by atoms with E-state index in [4.69, 9.17) is 9.47 Å². The second-order valence-electron chi connectivity index (χ2n) is 7.30. The van der Waals surface area contributed by atoms with Gasteiger partial charge in [0.2, 0.25) is 0 Å². The first-order chi connectivity index (χ1) is 15.0. The van der Waals surface area contributed by atoms with Crippen molar-refractivity contribution in [2.75, 3.05) is 14.2 Å². The first-order valence-corrected chi connectivity index (χ1v) is 10.1. The standard InChI is InChI=1S/C27H28O4/c1-5-10-18-14-21(26(28)23(16-18)30-3)25(20-12-8-7-9-13-20)22-15-19(11-6-2)17-24(31-4)27(22)29/h5-9,12-17,25,28-29H,1-2,10-11H2,3-4H3. The van der Waals surface area contributed by atoms with Crippen molar-refractivity contribution >= 4 is 0 Å². The zero-order valence-corrected chi connectivity index (χ0v) is 18.0. The average Bonchev–Trinajstić information content (AvgIpc) is 2.78. The quantitative estimate of drug-likeness (QED) is 0.344. The number of allylic oxidation sites excluding steroid dienone is 2. The van der Waals surface area contributed by atoms with E-state index in [-0.39, 0.29) is 11.5 Å². The van der Waals surface area contributed by atoms with Crippen LogP contribution < -0.4 is 9.47 Å². The molecule has 0 aliphatic rings. The van der Waals surface area contributed by atoms with Gasteiger partial charge < -0.3 is 19.7 Å². The molecule has 0 bridgehead atoms. The van der Waals surface area contributed by atoms with E-state index < -0.39 is 5.92 Å². The molecule has 0 radical (unpaired) electrons. The molecular weight excluding hydrogens is 388 g/mol. The van der Waals surface area contributed by atoms with Crippen LogP contribution in [-0.2, 0) is 12.8 Å². The van der Waals surface area contributed by atoms with Gasteiger partial charge in [-0.1, -0.05) is 54.6 Å². The zero-order chi connectivity index (χ0) is 22.4. The third-order valence-corrected chi connectivity index (χ3v) is 5.28.